The molecule has 98 valence electrons. The maximum Gasteiger partial charge on any atom is 0.238 e. The minimum absolute atomic E-state index is 0.0872. The first kappa shape index (κ1) is 12.2. The number of hydrogen-bond acceptors (Lipinski definition) is 4. The fourth-order valence-corrected chi connectivity index (χ4v) is 3.21. The van der Waals surface area contributed by atoms with Gasteiger partial charge >= 0.3 is 0 Å². The van der Waals surface area contributed by atoms with E-state index in [9.17, 15) is 10.4 Å². The van der Waals surface area contributed by atoms with Gasteiger partial charge in [0.25, 0.3) is 0 Å². The van der Waals surface area contributed by atoms with E-state index in [0.717, 1.165) is 24.8 Å². The van der Waals surface area contributed by atoms with E-state index in [2.05, 4.69) is 11.2 Å². The molecule has 1 fully saturated rings. The Morgan fingerprint density at radius 3 is 2.84 bits per heavy atom. The normalized spacial score (nSPS) is 33.6. The average Bonchev–Trinajstić information content (AvgIpc) is 2.46. The summed E-state index contributed by atoms with van der Waals surface area (Å²) in [6, 6.07) is 11.9. The number of nitrogens with zero attached hydrogens (tertiary/aromatic N) is 2. The van der Waals surface area contributed by atoms with E-state index in [0.29, 0.717) is 12.1 Å². The van der Waals surface area contributed by atoms with Crippen LogP contribution in [0.3, 0.4) is 0 Å². The van der Waals surface area contributed by atoms with Gasteiger partial charge in [0.2, 0.25) is 5.79 Å². The van der Waals surface area contributed by atoms with E-state index in [1.54, 1.807) is 0 Å². The Morgan fingerprint density at radius 2 is 2.11 bits per heavy atom. The molecule has 0 saturated heterocycles. The molecule has 1 saturated carbocycles. The lowest BCUT2D eigenvalue weighted by atomic mass is 9.70. The van der Waals surface area contributed by atoms with Gasteiger partial charge in [-0.15, -0.1) is 0 Å². The summed E-state index contributed by atoms with van der Waals surface area (Å²) in [5.74, 6) is -1.46. The van der Waals surface area contributed by atoms with Gasteiger partial charge in [0.05, 0.1) is 0 Å². The third kappa shape index (κ3) is 2.00. The highest BCUT2D eigenvalue weighted by atomic mass is 16.7. The molecule has 0 radical (unpaired) electrons. The topological polar surface area (TPSA) is 65.6 Å². The molecule has 4 heteroatoms. The Bertz CT molecular complexity index is 535. The average molecular weight is 256 g/mol. The largest absolute Gasteiger partial charge is 0.359 e. The molecule has 0 aromatic heterocycles. The predicted molar refractivity (Wildman–Crippen MR) is 70.2 cm³/mol. The number of hydrogen-bond donors (Lipinski definition) is 1. The van der Waals surface area contributed by atoms with Crippen LogP contribution < -0.4 is 0 Å². The fourth-order valence-electron chi connectivity index (χ4n) is 3.21. The number of rotatable bonds is 1. The van der Waals surface area contributed by atoms with E-state index in [-0.39, 0.29) is 11.8 Å². The first-order valence-corrected chi connectivity index (χ1v) is 6.68. The van der Waals surface area contributed by atoms with Crippen LogP contribution in [0.15, 0.2) is 35.5 Å². The van der Waals surface area contributed by atoms with Crippen molar-refractivity contribution in [1.29, 1.82) is 5.26 Å². The van der Waals surface area contributed by atoms with E-state index < -0.39 is 5.79 Å². The van der Waals surface area contributed by atoms with Crippen LogP contribution >= 0.6 is 0 Å². The van der Waals surface area contributed by atoms with Crippen molar-refractivity contribution in [2.75, 3.05) is 0 Å². The van der Waals surface area contributed by atoms with Gasteiger partial charge in [-0.2, -0.15) is 5.26 Å². The number of oxime groups is 1. The Labute approximate surface area is 112 Å². The van der Waals surface area contributed by atoms with Gasteiger partial charge in [0.15, 0.2) is 5.71 Å². The van der Waals surface area contributed by atoms with Crippen molar-refractivity contribution in [3.8, 4) is 6.07 Å². The Kier molecular flexibility index (Phi) is 3.00. The molecule has 4 nitrogen and oxygen atoms in total. The molecule has 0 bridgehead atoms. The van der Waals surface area contributed by atoms with Crippen LogP contribution in [0, 0.1) is 17.2 Å². The molecule has 2 aliphatic rings. The van der Waals surface area contributed by atoms with Gasteiger partial charge in [0, 0.05) is 18.3 Å². The van der Waals surface area contributed by atoms with Crippen molar-refractivity contribution in [3.63, 3.8) is 0 Å². The third-order valence-electron chi connectivity index (χ3n) is 4.15. The molecule has 1 aromatic rings. The van der Waals surface area contributed by atoms with Gasteiger partial charge < -0.3 is 9.94 Å². The number of aliphatic hydroxyl groups is 1. The lowest BCUT2D eigenvalue weighted by Gasteiger charge is -2.43. The summed E-state index contributed by atoms with van der Waals surface area (Å²) in [7, 11) is 0. The molecule has 3 atom stereocenters. The Hall–Kier alpha value is -1.86. The molecule has 1 heterocycles. The SMILES string of the molecule is N#CC1=NO[C@@]2(O)CCCC[C@@H]2[C@H]1c1ccccc1. The van der Waals surface area contributed by atoms with Crippen LogP contribution in [-0.2, 0) is 4.84 Å². The van der Waals surface area contributed by atoms with Crippen molar-refractivity contribution in [2.45, 2.75) is 37.4 Å². The summed E-state index contributed by atoms with van der Waals surface area (Å²) in [5.41, 5.74) is 1.39. The fraction of sp³-hybridized carbons (Fsp3) is 0.467. The van der Waals surface area contributed by atoms with E-state index in [4.69, 9.17) is 4.84 Å². The second kappa shape index (κ2) is 4.67. The van der Waals surface area contributed by atoms with Gasteiger partial charge in [-0.3, -0.25) is 0 Å². The summed E-state index contributed by atoms with van der Waals surface area (Å²) in [4.78, 5) is 5.25. The zero-order chi connectivity index (χ0) is 13.3. The van der Waals surface area contributed by atoms with E-state index >= 15 is 0 Å². The minimum atomic E-state index is -1.21. The van der Waals surface area contributed by atoms with Gasteiger partial charge in [0.1, 0.15) is 6.07 Å². The number of fused-ring (bicyclic) bond motifs is 1. The zero-order valence-corrected chi connectivity index (χ0v) is 10.6. The summed E-state index contributed by atoms with van der Waals surface area (Å²) >= 11 is 0. The molecule has 1 N–H and O–H groups in total. The maximum absolute atomic E-state index is 10.6. The smallest absolute Gasteiger partial charge is 0.238 e. The highest BCUT2D eigenvalue weighted by Crippen LogP contribution is 2.46. The van der Waals surface area contributed by atoms with Crippen molar-refractivity contribution < 1.29 is 9.94 Å². The Morgan fingerprint density at radius 1 is 1.32 bits per heavy atom. The molecule has 1 aliphatic heterocycles. The molecular formula is C15H16N2O2. The molecule has 1 aliphatic carbocycles. The molecule has 1 aromatic carbocycles. The number of nitriles is 1. The first-order valence-electron chi connectivity index (χ1n) is 6.68. The molecule has 3 rings (SSSR count). The van der Waals surface area contributed by atoms with Crippen LogP contribution in [0.2, 0.25) is 0 Å². The maximum atomic E-state index is 10.6. The quantitative estimate of drug-likeness (QED) is 0.839. The van der Waals surface area contributed by atoms with Crippen LogP contribution in [0.4, 0.5) is 0 Å². The number of benzene rings is 1. The standard InChI is InChI=1S/C15H16N2O2/c16-10-13-14(11-6-2-1-3-7-11)12-8-4-5-9-15(12,18)19-17-13/h1-3,6-7,12,14,18H,4-5,8-9H2/t12-,14-,15+/m1/s1. The lowest BCUT2D eigenvalue weighted by molar-refractivity contribution is -0.260. The van der Waals surface area contributed by atoms with Gasteiger partial charge in [-0.25, -0.2) is 0 Å². The van der Waals surface area contributed by atoms with Crippen LogP contribution in [0.1, 0.15) is 37.2 Å². The van der Waals surface area contributed by atoms with Crippen LogP contribution in [0.25, 0.3) is 0 Å². The van der Waals surface area contributed by atoms with Crippen molar-refractivity contribution in [1.82, 2.24) is 0 Å². The molecule has 0 amide bonds. The van der Waals surface area contributed by atoms with Crippen molar-refractivity contribution >= 4 is 5.71 Å². The summed E-state index contributed by atoms with van der Waals surface area (Å²) in [6.45, 7) is 0. The lowest BCUT2D eigenvalue weighted by Crippen LogP contribution is -2.49. The highest BCUT2D eigenvalue weighted by Gasteiger charge is 2.50. The summed E-state index contributed by atoms with van der Waals surface area (Å²) in [5, 5.41) is 23.7. The minimum Gasteiger partial charge on any atom is -0.359 e. The van der Waals surface area contributed by atoms with Crippen LogP contribution in [0.5, 0.6) is 0 Å². The highest BCUT2D eigenvalue weighted by molar-refractivity contribution is 6.03. The second-order valence-corrected chi connectivity index (χ2v) is 5.27. The first-order chi connectivity index (χ1) is 9.24. The zero-order valence-electron chi connectivity index (χ0n) is 10.6. The molecule has 19 heavy (non-hydrogen) atoms. The van der Waals surface area contributed by atoms with Crippen molar-refractivity contribution in [2.24, 2.45) is 11.1 Å². The summed E-state index contributed by atoms with van der Waals surface area (Å²) < 4.78 is 0. The Balaban J connectivity index is 2.05. The monoisotopic (exact) mass is 256 g/mol. The molecule has 0 unspecified atom stereocenters. The second-order valence-electron chi connectivity index (χ2n) is 5.27. The molecular weight excluding hydrogens is 240 g/mol. The molecule has 0 spiro atoms. The van der Waals surface area contributed by atoms with Crippen LogP contribution in [-0.4, -0.2) is 16.6 Å². The van der Waals surface area contributed by atoms with E-state index in [1.807, 2.05) is 30.3 Å². The van der Waals surface area contributed by atoms with Gasteiger partial charge in [-0.1, -0.05) is 41.9 Å². The van der Waals surface area contributed by atoms with E-state index in [1.165, 1.54) is 0 Å². The van der Waals surface area contributed by atoms with Gasteiger partial charge in [-0.05, 0) is 18.4 Å². The predicted octanol–water partition coefficient (Wildman–Crippen LogP) is 2.56. The summed E-state index contributed by atoms with van der Waals surface area (Å²) in [6.07, 6.45) is 3.43. The third-order valence-corrected chi connectivity index (χ3v) is 4.15. The van der Waals surface area contributed by atoms with Crippen molar-refractivity contribution in [3.05, 3.63) is 35.9 Å².